The molecule has 1 aromatic rings. The van der Waals surface area contributed by atoms with Crippen molar-refractivity contribution in [2.75, 3.05) is 31.6 Å². The summed E-state index contributed by atoms with van der Waals surface area (Å²) in [6.07, 6.45) is 4.89. The largest absolute Gasteiger partial charge is 0.396 e. The van der Waals surface area contributed by atoms with Gasteiger partial charge in [0.15, 0.2) is 0 Å². The lowest BCUT2D eigenvalue weighted by molar-refractivity contribution is 0.283. The van der Waals surface area contributed by atoms with Crippen molar-refractivity contribution in [1.82, 2.24) is 10.3 Å². The Morgan fingerprint density at radius 3 is 2.80 bits per heavy atom. The molecule has 1 rings (SSSR count). The first-order valence-electron chi connectivity index (χ1n) is 7.61. The monoisotopic (exact) mass is 279 g/mol. The van der Waals surface area contributed by atoms with Crippen LogP contribution in [0, 0.1) is 5.92 Å². The van der Waals surface area contributed by atoms with E-state index in [0.717, 1.165) is 44.7 Å². The molecule has 0 aromatic carbocycles. The van der Waals surface area contributed by atoms with E-state index >= 15 is 0 Å². The van der Waals surface area contributed by atoms with Crippen molar-refractivity contribution >= 4 is 5.82 Å². The van der Waals surface area contributed by atoms with E-state index in [1.54, 1.807) is 0 Å². The molecule has 0 unspecified atom stereocenters. The molecule has 1 heterocycles. The van der Waals surface area contributed by atoms with E-state index in [-0.39, 0.29) is 6.61 Å². The molecule has 2 N–H and O–H groups in total. The number of nitrogens with one attached hydrogen (secondary N) is 1. The van der Waals surface area contributed by atoms with Crippen LogP contribution in [0.3, 0.4) is 0 Å². The lowest BCUT2D eigenvalue weighted by atomic mass is 10.2. The van der Waals surface area contributed by atoms with Crippen molar-refractivity contribution in [3.63, 3.8) is 0 Å². The minimum Gasteiger partial charge on any atom is -0.396 e. The summed E-state index contributed by atoms with van der Waals surface area (Å²) in [5, 5.41) is 12.3. The van der Waals surface area contributed by atoms with Gasteiger partial charge in [-0.25, -0.2) is 4.98 Å². The minimum absolute atomic E-state index is 0.289. The molecule has 0 saturated carbocycles. The standard InChI is InChI=1S/C16H29N3O/c1-14(2)12-17-13-15-8-7-9-18-16(15)19(3)10-5-4-6-11-20/h7-9,14,17,20H,4-6,10-13H2,1-3H3. The first-order chi connectivity index (χ1) is 9.65. The molecule has 0 aliphatic rings. The maximum atomic E-state index is 8.80. The number of hydrogen-bond donors (Lipinski definition) is 2. The van der Waals surface area contributed by atoms with Gasteiger partial charge in [-0.1, -0.05) is 19.9 Å². The summed E-state index contributed by atoms with van der Waals surface area (Å²) in [5.41, 5.74) is 1.25. The number of aliphatic hydroxyl groups is 1. The van der Waals surface area contributed by atoms with Gasteiger partial charge in [0, 0.05) is 38.5 Å². The number of pyridine rings is 1. The number of nitrogens with zero attached hydrogens (tertiary/aromatic N) is 2. The quantitative estimate of drug-likeness (QED) is 0.646. The zero-order valence-corrected chi connectivity index (χ0v) is 13.1. The van der Waals surface area contributed by atoms with Crippen LogP contribution in [-0.2, 0) is 6.54 Å². The number of aliphatic hydroxyl groups excluding tert-OH is 1. The van der Waals surface area contributed by atoms with Crippen molar-refractivity contribution in [1.29, 1.82) is 0 Å². The predicted octanol–water partition coefficient (Wildman–Crippen LogP) is 2.43. The molecule has 0 atom stereocenters. The Bertz CT molecular complexity index is 368. The fourth-order valence-corrected chi connectivity index (χ4v) is 2.15. The highest BCUT2D eigenvalue weighted by molar-refractivity contribution is 5.45. The molecule has 0 spiro atoms. The average molecular weight is 279 g/mol. The SMILES string of the molecule is CC(C)CNCc1cccnc1N(C)CCCCCO. The van der Waals surface area contributed by atoms with Crippen molar-refractivity contribution in [2.24, 2.45) is 5.92 Å². The van der Waals surface area contributed by atoms with E-state index < -0.39 is 0 Å². The van der Waals surface area contributed by atoms with Gasteiger partial charge in [-0.3, -0.25) is 0 Å². The summed E-state index contributed by atoms with van der Waals surface area (Å²) in [4.78, 5) is 6.72. The van der Waals surface area contributed by atoms with Crippen molar-refractivity contribution in [3.05, 3.63) is 23.9 Å². The van der Waals surface area contributed by atoms with E-state index in [2.05, 4.69) is 42.2 Å². The molecule has 0 amide bonds. The maximum Gasteiger partial charge on any atom is 0.132 e. The third-order valence-corrected chi connectivity index (χ3v) is 3.25. The van der Waals surface area contributed by atoms with Gasteiger partial charge >= 0.3 is 0 Å². The zero-order chi connectivity index (χ0) is 14.8. The number of hydrogen-bond acceptors (Lipinski definition) is 4. The van der Waals surface area contributed by atoms with Gasteiger partial charge in [0.25, 0.3) is 0 Å². The van der Waals surface area contributed by atoms with Gasteiger partial charge in [-0.15, -0.1) is 0 Å². The first kappa shape index (κ1) is 16.9. The fraction of sp³-hybridized carbons (Fsp3) is 0.688. The van der Waals surface area contributed by atoms with E-state index in [1.165, 1.54) is 5.56 Å². The van der Waals surface area contributed by atoms with Crippen LogP contribution < -0.4 is 10.2 Å². The molecule has 0 saturated heterocycles. The van der Waals surface area contributed by atoms with Gasteiger partial charge in [0.1, 0.15) is 5.82 Å². The first-order valence-corrected chi connectivity index (χ1v) is 7.61. The topological polar surface area (TPSA) is 48.4 Å². The Kier molecular flexibility index (Phi) is 8.23. The average Bonchev–Trinajstić information content (AvgIpc) is 2.43. The van der Waals surface area contributed by atoms with E-state index in [0.29, 0.717) is 5.92 Å². The molecular formula is C16H29N3O. The molecule has 0 fully saturated rings. The second-order valence-electron chi connectivity index (χ2n) is 5.72. The summed E-state index contributed by atoms with van der Waals surface area (Å²) in [6, 6.07) is 4.13. The second-order valence-corrected chi connectivity index (χ2v) is 5.72. The number of unbranched alkanes of at least 4 members (excludes halogenated alkanes) is 2. The van der Waals surface area contributed by atoms with E-state index in [1.807, 2.05) is 12.3 Å². The smallest absolute Gasteiger partial charge is 0.132 e. The van der Waals surface area contributed by atoms with Gasteiger partial charge in [0.05, 0.1) is 0 Å². The Balaban J connectivity index is 2.50. The number of aromatic nitrogens is 1. The lowest BCUT2D eigenvalue weighted by Crippen LogP contribution is -2.24. The van der Waals surface area contributed by atoms with Crippen molar-refractivity contribution in [2.45, 2.75) is 39.7 Å². The van der Waals surface area contributed by atoms with Crippen LogP contribution in [0.5, 0.6) is 0 Å². The molecule has 4 nitrogen and oxygen atoms in total. The molecular weight excluding hydrogens is 250 g/mol. The third kappa shape index (κ3) is 6.35. The van der Waals surface area contributed by atoms with Crippen LogP contribution in [0.4, 0.5) is 5.82 Å². The normalized spacial score (nSPS) is 11.1. The van der Waals surface area contributed by atoms with E-state index in [9.17, 15) is 0 Å². The van der Waals surface area contributed by atoms with Gasteiger partial charge < -0.3 is 15.3 Å². The van der Waals surface area contributed by atoms with Crippen LogP contribution in [-0.4, -0.2) is 36.8 Å². The summed E-state index contributed by atoms with van der Waals surface area (Å²) in [5.74, 6) is 1.72. The molecule has 20 heavy (non-hydrogen) atoms. The molecule has 0 aliphatic carbocycles. The lowest BCUT2D eigenvalue weighted by Gasteiger charge is -2.21. The highest BCUT2D eigenvalue weighted by atomic mass is 16.2. The molecule has 1 aromatic heterocycles. The van der Waals surface area contributed by atoms with Crippen LogP contribution in [0.2, 0.25) is 0 Å². The Hall–Kier alpha value is -1.13. The van der Waals surface area contributed by atoms with Crippen LogP contribution in [0.25, 0.3) is 0 Å². The van der Waals surface area contributed by atoms with Gasteiger partial charge in [-0.05, 0) is 37.8 Å². The van der Waals surface area contributed by atoms with Crippen molar-refractivity contribution in [3.8, 4) is 0 Å². The minimum atomic E-state index is 0.289. The van der Waals surface area contributed by atoms with E-state index in [4.69, 9.17) is 5.11 Å². The van der Waals surface area contributed by atoms with Gasteiger partial charge in [-0.2, -0.15) is 0 Å². The van der Waals surface area contributed by atoms with Crippen molar-refractivity contribution < 1.29 is 5.11 Å². The highest BCUT2D eigenvalue weighted by Gasteiger charge is 2.08. The summed E-state index contributed by atoms with van der Waals surface area (Å²) < 4.78 is 0. The zero-order valence-electron chi connectivity index (χ0n) is 13.1. The Labute approximate surface area is 123 Å². The predicted molar refractivity (Wildman–Crippen MR) is 85.0 cm³/mol. The highest BCUT2D eigenvalue weighted by Crippen LogP contribution is 2.16. The third-order valence-electron chi connectivity index (χ3n) is 3.25. The number of anilines is 1. The summed E-state index contributed by atoms with van der Waals surface area (Å²) in [7, 11) is 2.09. The van der Waals surface area contributed by atoms with Crippen LogP contribution in [0.15, 0.2) is 18.3 Å². The second kappa shape index (κ2) is 9.72. The molecule has 0 aliphatic heterocycles. The van der Waals surface area contributed by atoms with Crippen LogP contribution in [0.1, 0.15) is 38.7 Å². The summed E-state index contributed by atoms with van der Waals surface area (Å²) in [6.45, 7) is 7.58. The Morgan fingerprint density at radius 1 is 1.30 bits per heavy atom. The van der Waals surface area contributed by atoms with Crippen LogP contribution >= 0.6 is 0 Å². The maximum absolute atomic E-state index is 8.80. The molecule has 0 bridgehead atoms. The molecule has 4 heteroatoms. The number of rotatable bonds is 10. The molecule has 114 valence electrons. The summed E-state index contributed by atoms with van der Waals surface area (Å²) >= 11 is 0. The fourth-order valence-electron chi connectivity index (χ4n) is 2.15. The molecule has 0 radical (unpaired) electrons. The Morgan fingerprint density at radius 2 is 2.10 bits per heavy atom. The van der Waals surface area contributed by atoms with Gasteiger partial charge in [0.2, 0.25) is 0 Å².